The van der Waals surface area contributed by atoms with Crippen molar-refractivity contribution < 1.29 is 19.5 Å². The van der Waals surface area contributed by atoms with Crippen LogP contribution in [0.4, 0.5) is 0 Å². The summed E-state index contributed by atoms with van der Waals surface area (Å²) < 4.78 is 0. The zero-order valence-electron chi connectivity index (χ0n) is 9.58. The van der Waals surface area contributed by atoms with Crippen molar-refractivity contribution in [2.45, 2.75) is 19.4 Å². The van der Waals surface area contributed by atoms with E-state index in [-0.39, 0.29) is 5.69 Å². The van der Waals surface area contributed by atoms with Crippen LogP contribution in [-0.2, 0) is 9.59 Å². The fourth-order valence-electron chi connectivity index (χ4n) is 1.21. The number of carboxylic acids is 1. The van der Waals surface area contributed by atoms with Crippen molar-refractivity contribution in [2.24, 2.45) is 5.73 Å². The zero-order valence-corrected chi connectivity index (χ0v) is 9.58. The summed E-state index contributed by atoms with van der Waals surface area (Å²) in [6, 6.07) is 0.0312. The van der Waals surface area contributed by atoms with Crippen LogP contribution in [0.15, 0.2) is 12.4 Å². The SMILES string of the molecule is Cc1cc(C(=O)N[C@@H](CC(N)=O)C(=O)O)ncn1. The fourth-order valence-corrected chi connectivity index (χ4v) is 1.21. The standard InChI is InChI=1S/C10H12N4O4/c1-5-2-6(13-4-12-5)9(16)14-7(10(17)18)3-8(11)15/h2,4,7H,3H2,1H3,(H2,11,15)(H,14,16)(H,17,18)/t7-/m0/s1. The van der Waals surface area contributed by atoms with Crippen LogP contribution < -0.4 is 11.1 Å². The predicted octanol–water partition coefficient (Wildman–Crippen LogP) is -1.16. The third-order valence-corrected chi connectivity index (χ3v) is 2.05. The summed E-state index contributed by atoms with van der Waals surface area (Å²) in [7, 11) is 0. The summed E-state index contributed by atoms with van der Waals surface area (Å²) in [6.07, 6.45) is 0.708. The van der Waals surface area contributed by atoms with E-state index in [9.17, 15) is 14.4 Å². The Kier molecular flexibility index (Phi) is 4.30. The molecule has 0 saturated carbocycles. The van der Waals surface area contributed by atoms with Crippen molar-refractivity contribution in [3.63, 3.8) is 0 Å². The summed E-state index contributed by atoms with van der Waals surface area (Å²) in [5.74, 6) is -2.86. The molecule has 0 radical (unpaired) electrons. The highest BCUT2D eigenvalue weighted by Crippen LogP contribution is 1.99. The van der Waals surface area contributed by atoms with Gasteiger partial charge in [0.15, 0.2) is 0 Å². The van der Waals surface area contributed by atoms with Gasteiger partial charge in [-0.1, -0.05) is 0 Å². The second kappa shape index (κ2) is 5.71. The molecule has 1 heterocycles. The van der Waals surface area contributed by atoms with Gasteiger partial charge in [0.05, 0.1) is 6.42 Å². The van der Waals surface area contributed by atoms with Crippen molar-refractivity contribution in [3.8, 4) is 0 Å². The minimum absolute atomic E-state index is 0.0261. The fraction of sp³-hybridized carbons (Fsp3) is 0.300. The van der Waals surface area contributed by atoms with Gasteiger partial charge in [-0.2, -0.15) is 0 Å². The summed E-state index contributed by atoms with van der Waals surface area (Å²) in [6.45, 7) is 1.66. The number of aliphatic carboxylic acids is 1. The molecule has 8 heteroatoms. The molecule has 18 heavy (non-hydrogen) atoms. The second-order valence-electron chi connectivity index (χ2n) is 3.58. The Balaban J connectivity index is 2.78. The number of carbonyl (C=O) groups excluding carboxylic acids is 2. The molecule has 96 valence electrons. The Bertz CT molecular complexity index is 489. The van der Waals surface area contributed by atoms with Crippen LogP contribution in [0.25, 0.3) is 0 Å². The first kappa shape index (κ1) is 13.6. The average molecular weight is 252 g/mol. The number of nitrogens with zero attached hydrogens (tertiary/aromatic N) is 2. The maximum Gasteiger partial charge on any atom is 0.326 e. The van der Waals surface area contributed by atoms with Crippen molar-refractivity contribution in [1.29, 1.82) is 0 Å². The summed E-state index contributed by atoms with van der Waals surface area (Å²) in [4.78, 5) is 40.7. The lowest BCUT2D eigenvalue weighted by molar-refractivity contribution is -0.140. The lowest BCUT2D eigenvalue weighted by Crippen LogP contribution is -2.43. The molecule has 0 fully saturated rings. The molecule has 8 nitrogen and oxygen atoms in total. The van der Waals surface area contributed by atoms with Crippen molar-refractivity contribution >= 4 is 17.8 Å². The number of aromatic nitrogens is 2. The highest BCUT2D eigenvalue weighted by Gasteiger charge is 2.23. The number of hydrogen-bond acceptors (Lipinski definition) is 5. The van der Waals surface area contributed by atoms with Crippen LogP contribution in [0.2, 0.25) is 0 Å². The van der Waals surface area contributed by atoms with Gasteiger partial charge < -0.3 is 16.2 Å². The molecule has 1 aromatic rings. The minimum Gasteiger partial charge on any atom is -0.480 e. The molecule has 1 rings (SSSR count). The molecule has 0 saturated heterocycles. The molecule has 0 unspecified atom stereocenters. The Morgan fingerprint density at radius 3 is 2.61 bits per heavy atom. The topological polar surface area (TPSA) is 135 Å². The number of rotatable bonds is 5. The molecule has 4 N–H and O–H groups in total. The number of carbonyl (C=O) groups is 3. The van der Waals surface area contributed by atoms with Crippen LogP contribution in [0.1, 0.15) is 22.6 Å². The van der Waals surface area contributed by atoms with E-state index in [1.165, 1.54) is 12.4 Å². The quantitative estimate of drug-likeness (QED) is 0.605. The summed E-state index contributed by atoms with van der Waals surface area (Å²) >= 11 is 0. The van der Waals surface area contributed by atoms with Crippen LogP contribution in [0, 0.1) is 6.92 Å². The van der Waals surface area contributed by atoms with Crippen LogP contribution in [0.5, 0.6) is 0 Å². The Morgan fingerprint density at radius 2 is 2.11 bits per heavy atom. The maximum absolute atomic E-state index is 11.7. The van der Waals surface area contributed by atoms with Gasteiger partial charge in [0.1, 0.15) is 18.1 Å². The van der Waals surface area contributed by atoms with E-state index in [4.69, 9.17) is 10.8 Å². The average Bonchev–Trinajstić information content (AvgIpc) is 2.27. The lowest BCUT2D eigenvalue weighted by atomic mass is 10.2. The first-order chi connectivity index (χ1) is 8.40. The highest BCUT2D eigenvalue weighted by atomic mass is 16.4. The van der Waals surface area contributed by atoms with Crippen LogP contribution >= 0.6 is 0 Å². The predicted molar refractivity (Wildman–Crippen MR) is 59.5 cm³/mol. The molecule has 0 aliphatic carbocycles. The molecular weight excluding hydrogens is 240 g/mol. The molecule has 0 aliphatic rings. The monoisotopic (exact) mass is 252 g/mol. The molecule has 0 spiro atoms. The number of aryl methyl sites for hydroxylation is 1. The van der Waals surface area contributed by atoms with Gasteiger partial charge in [-0.3, -0.25) is 9.59 Å². The smallest absolute Gasteiger partial charge is 0.326 e. The van der Waals surface area contributed by atoms with Gasteiger partial charge in [-0.25, -0.2) is 14.8 Å². The van der Waals surface area contributed by atoms with Gasteiger partial charge in [0.25, 0.3) is 5.91 Å². The van der Waals surface area contributed by atoms with Crippen LogP contribution in [-0.4, -0.2) is 38.9 Å². The first-order valence-corrected chi connectivity index (χ1v) is 5.00. The Labute approximate surface area is 102 Å². The Hall–Kier alpha value is -2.51. The Morgan fingerprint density at radius 1 is 1.44 bits per heavy atom. The number of nitrogens with one attached hydrogen (secondary N) is 1. The third-order valence-electron chi connectivity index (χ3n) is 2.05. The molecule has 2 amide bonds. The van der Waals surface area contributed by atoms with Crippen molar-refractivity contribution in [2.75, 3.05) is 0 Å². The molecular formula is C10H12N4O4. The number of amides is 2. The largest absolute Gasteiger partial charge is 0.480 e. The van der Waals surface area contributed by atoms with Gasteiger partial charge in [0.2, 0.25) is 5.91 Å². The zero-order chi connectivity index (χ0) is 13.7. The maximum atomic E-state index is 11.7. The number of hydrogen-bond donors (Lipinski definition) is 3. The number of primary amides is 1. The number of nitrogens with two attached hydrogens (primary N) is 1. The summed E-state index contributed by atoms with van der Waals surface area (Å²) in [5.41, 5.74) is 5.48. The van der Waals surface area contributed by atoms with Gasteiger partial charge in [-0.05, 0) is 13.0 Å². The van der Waals surface area contributed by atoms with E-state index in [1.807, 2.05) is 0 Å². The van der Waals surface area contributed by atoms with E-state index in [0.29, 0.717) is 5.69 Å². The van der Waals surface area contributed by atoms with E-state index in [1.54, 1.807) is 6.92 Å². The summed E-state index contributed by atoms with van der Waals surface area (Å²) in [5, 5.41) is 11.0. The van der Waals surface area contributed by atoms with E-state index >= 15 is 0 Å². The third kappa shape index (κ3) is 3.81. The van der Waals surface area contributed by atoms with Gasteiger partial charge in [-0.15, -0.1) is 0 Å². The molecule has 1 aromatic heterocycles. The van der Waals surface area contributed by atoms with Crippen molar-refractivity contribution in [3.05, 3.63) is 23.8 Å². The molecule has 0 aromatic carbocycles. The van der Waals surface area contributed by atoms with Crippen molar-refractivity contribution in [1.82, 2.24) is 15.3 Å². The highest BCUT2D eigenvalue weighted by molar-refractivity contribution is 5.96. The van der Waals surface area contributed by atoms with E-state index in [0.717, 1.165) is 0 Å². The van der Waals surface area contributed by atoms with E-state index < -0.39 is 30.2 Å². The number of carboxylic acid groups (broad SMARTS) is 1. The normalized spacial score (nSPS) is 11.6. The van der Waals surface area contributed by atoms with Gasteiger partial charge in [0, 0.05) is 5.69 Å². The molecule has 0 bridgehead atoms. The molecule has 0 aliphatic heterocycles. The van der Waals surface area contributed by atoms with Gasteiger partial charge >= 0.3 is 5.97 Å². The van der Waals surface area contributed by atoms with E-state index in [2.05, 4.69) is 15.3 Å². The first-order valence-electron chi connectivity index (χ1n) is 5.00. The van der Waals surface area contributed by atoms with Crippen LogP contribution in [0.3, 0.4) is 0 Å². The minimum atomic E-state index is -1.37. The second-order valence-corrected chi connectivity index (χ2v) is 3.58. The molecule has 1 atom stereocenters. The lowest BCUT2D eigenvalue weighted by Gasteiger charge is -2.12.